The molecule has 0 saturated carbocycles. The Labute approximate surface area is 81.3 Å². The number of aryl methyl sites for hydroxylation is 1. The van der Waals surface area contributed by atoms with Gasteiger partial charge in [0.05, 0.1) is 13.2 Å². The van der Waals surface area contributed by atoms with Crippen LogP contribution in [0.3, 0.4) is 0 Å². The predicted molar refractivity (Wildman–Crippen MR) is 49.2 cm³/mol. The summed E-state index contributed by atoms with van der Waals surface area (Å²) in [5.41, 5.74) is 0.0372. The fraction of sp³-hybridized carbons (Fsp3) is 0.778. The van der Waals surface area contributed by atoms with Crippen molar-refractivity contribution in [1.29, 1.82) is 0 Å². The molecule has 76 valence electrons. The van der Waals surface area contributed by atoms with Gasteiger partial charge in [-0.2, -0.15) is 5.10 Å². The molecule has 0 bridgehead atoms. The summed E-state index contributed by atoms with van der Waals surface area (Å²) in [5, 5.41) is 4.32. The molecule has 1 aromatic heterocycles. The van der Waals surface area contributed by atoms with Gasteiger partial charge in [-0.05, 0) is 12.8 Å². The molecule has 3 rings (SSSR count). The fourth-order valence-corrected chi connectivity index (χ4v) is 1.93. The average Bonchev–Trinajstić information content (AvgIpc) is 2.95. The van der Waals surface area contributed by atoms with Crippen molar-refractivity contribution in [3.8, 4) is 0 Å². The molecule has 2 aliphatic rings. The van der Waals surface area contributed by atoms with Crippen LogP contribution in [-0.2, 0) is 24.2 Å². The molecule has 0 unspecified atom stereocenters. The molecule has 0 aromatic carbocycles. The van der Waals surface area contributed by atoms with E-state index in [2.05, 4.69) is 5.10 Å². The third-order valence-corrected chi connectivity index (χ3v) is 2.81. The quantitative estimate of drug-likeness (QED) is 0.613. The van der Waals surface area contributed by atoms with Crippen LogP contribution in [0, 0.1) is 0 Å². The minimum absolute atomic E-state index is 0.0372. The molecular formula is C9H13N3O2. The second-order valence-corrected chi connectivity index (χ2v) is 3.94. The minimum atomic E-state index is 0.0372. The summed E-state index contributed by atoms with van der Waals surface area (Å²) in [5.74, 6) is 0.946. The van der Waals surface area contributed by atoms with E-state index in [1.165, 1.54) is 0 Å². The van der Waals surface area contributed by atoms with Crippen LogP contribution in [0.1, 0.15) is 18.7 Å². The first-order chi connectivity index (χ1) is 6.84. The Balaban J connectivity index is 1.95. The molecule has 5 heteroatoms. The van der Waals surface area contributed by atoms with Gasteiger partial charge >= 0.3 is 5.69 Å². The number of ether oxygens (including phenoxy) is 1. The van der Waals surface area contributed by atoms with Crippen LogP contribution < -0.4 is 5.69 Å². The number of epoxide rings is 1. The molecule has 14 heavy (non-hydrogen) atoms. The number of aromatic nitrogens is 3. The fourth-order valence-electron chi connectivity index (χ4n) is 1.93. The molecule has 1 fully saturated rings. The number of nitrogens with zero attached hydrogens (tertiary/aromatic N) is 3. The van der Waals surface area contributed by atoms with Crippen LogP contribution in [0.15, 0.2) is 4.79 Å². The van der Waals surface area contributed by atoms with E-state index in [0.717, 1.165) is 38.2 Å². The standard InChI is InChI=1S/C9H13N3O2/c13-9-11-4-2-1-3-8(11)10-12(9)5-7-6-14-7/h7H,1-6H2/t7-/m0/s1. The zero-order valence-corrected chi connectivity index (χ0v) is 7.98. The highest BCUT2D eigenvalue weighted by atomic mass is 16.6. The van der Waals surface area contributed by atoms with Crippen molar-refractivity contribution in [3.05, 3.63) is 16.3 Å². The maximum atomic E-state index is 11.8. The van der Waals surface area contributed by atoms with Gasteiger partial charge in [-0.25, -0.2) is 9.48 Å². The SMILES string of the molecule is O=c1n(C[C@H]2CO2)nc2n1CCCC2. The summed E-state index contributed by atoms with van der Waals surface area (Å²) in [6.07, 6.45) is 3.41. The van der Waals surface area contributed by atoms with Gasteiger partial charge in [-0.1, -0.05) is 0 Å². The summed E-state index contributed by atoms with van der Waals surface area (Å²) >= 11 is 0. The summed E-state index contributed by atoms with van der Waals surface area (Å²) in [6, 6.07) is 0. The molecule has 0 amide bonds. The zero-order valence-electron chi connectivity index (χ0n) is 7.98. The highest BCUT2D eigenvalue weighted by Gasteiger charge is 2.26. The van der Waals surface area contributed by atoms with Gasteiger partial charge in [-0.15, -0.1) is 0 Å². The zero-order chi connectivity index (χ0) is 9.54. The Morgan fingerprint density at radius 2 is 2.36 bits per heavy atom. The van der Waals surface area contributed by atoms with Gasteiger partial charge in [0.1, 0.15) is 11.9 Å². The summed E-state index contributed by atoms with van der Waals surface area (Å²) in [7, 11) is 0. The van der Waals surface area contributed by atoms with Crippen LogP contribution in [0.25, 0.3) is 0 Å². The Kier molecular flexibility index (Phi) is 1.73. The van der Waals surface area contributed by atoms with Crippen LogP contribution in [0.2, 0.25) is 0 Å². The number of hydrogen-bond acceptors (Lipinski definition) is 3. The van der Waals surface area contributed by atoms with E-state index in [1.54, 1.807) is 9.25 Å². The van der Waals surface area contributed by atoms with Crippen molar-refractivity contribution in [2.24, 2.45) is 0 Å². The lowest BCUT2D eigenvalue weighted by molar-refractivity contribution is 0.369. The largest absolute Gasteiger partial charge is 0.371 e. The highest BCUT2D eigenvalue weighted by Crippen LogP contribution is 2.12. The van der Waals surface area contributed by atoms with E-state index < -0.39 is 0 Å². The van der Waals surface area contributed by atoms with Gasteiger partial charge in [-0.3, -0.25) is 4.57 Å². The van der Waals surface area contributed by atoms with Gasteiger partial charge < -0.3 is 4.74 Å². The van der Waals surface area contributed by atoms with Gasteiger partial charge in [0, 0.05) is 13.0 Å². The first kappa shape index (κ1) is 8.23. The molecule has 1 atom stereocenters. The molecule has 5 nitrogen and oxygen atoms in total. The molecule has 1 aromatic rings. The lowest BCUT2D eigenvalue weighted by atomic mass is 10.2. The minimum Gasteiger partial charge on any atom is -0.371 e. The second kappa shape index (κ2) is 2.95. The van der Waals surface area contributed by atoms with Crippen molar-refractivity contribution in [2.75, 3.05) is 6.61 Å². The molecule has 0 N–H and O–H groups in total. The lowest BCUT2D eigenvalue weighted by Gasteiger charge is -2.09. The summed E-state index contributed by atoms with van der Waals surface area (Å²) in [4.78, 5) is 11.8. The molecule has 1 saturated heterocycles. The Morgan fingerprint density at radius 1 is 1.50 bits per heavy atom. The van der Waals surface area contributed by atoms with Crippen molar-refractivity contribution >= 4 is 0 Å². The number of hydrogen-bond donors (Lipinski definition) is 0. The first-order valence-electron chi connectivity index (χ1n) is 5.13. The van der Waals surface area contributed by atoms with Crippen molar-refractivity contribution in [2.45, 2.75) is 38.5 Å². The molecule has 3 heterocycles. The van der Waals surface area contributed by atoms with Gasteiger partial charge in [0.15, 0.2) is 0 Å². The maximum Gasteiger partial charge on any atom is 0.346 e. The average molecular weight is 195 g/mol. The monoisotopic (exact) mass is 195 g/mol. The van der Waals surface area contributed by atoms with Crippen molar-refractivity contribution in [3.63, 3.8) is 0 Å². The smallest absolute Gasteiger partial charge is 0.346 e. The van der Waals surface area contributed by atoms with Crippen LogP contribution in [0.5, 0.6) is 0 Å². The van der Waals surface area contributed by atoms with Crippen molar-refractivity contribution < 1.29 is 4.74 Å². The maximum absolute atomic E-state index is 11.8. The van der Waals surface area contributed by atoms with E-state index in [0.29, 0.717) is 6.54 Å². The summed E-state index contributed by atoms with van der Waals surface area (Å²) < 4.78 is 8.44. The molecule has 0 aliphatic carbocycles. The van der Waals surface area contributed by atoms with E-state index in [4.69, 9.17) is 4.74 Å². The van der Waals surface area contributed by atoms with Gasteiger partial charge in [0.25, 0.3) is 0 Å². The van der Waals surface area contributed by atoms with Crippen LogP contribution >= 0.6 is 0 Å². The van der Waals surface area contributed by atoms with Crippen LogP contribution in [0.4, 0.5) is 0 Å². The van der Waals surface area contributed by atoms with Gasteiger partial charge in [0.2, 0.25) is 0 Å². The van der Waals surface area contributed by atoms with Crippen LogP contribution in [-0.4, -0.2) is 27.1 Å². The lowest BCUT2D eigenvalue weighted by Crippen LogP contribution is -2.28. The second-order valence-electron chi connectivity index (χ2n) is 3.94. The Bertz CT molecular complexity index is 403. The number of fused-ring (bicyclic) bond motifs is 1. The van der Waals surface area contributed by atoms with E-state index in [1.807, 2.05) is 0 Å². The Morgan fingerprint density at radius 3 is 3.07 bits per heavy atom. The van der Waals surface area contributed by atoms with E-state index in [9.17, 15) is 4.79 Å². The summed E-state index contributed by atoms with van der Waals surface area (Å²) in [6.45, 7) is 2.23. The normalized spacial score (nSPS) is 24.7. The highest BCUT2D eigenvalue weighted by molar-refractivity contribution is 4.91. The predicted octanol–water partition coefficient (Wildman–Crippen LogP) is -0.220. The number of rotatable bonds is 2. The first-order valence-corrected chi connectivity index (χ1v) is 5.13. The van der Waals surface area contributed by atoms with E-state index >= 15 is 0 Å². The van der Waals surface area contributed by atoms with E-state index in [-0.39, 0.29) is 11.8 Å². The molecular weight excluding hydrogens is 182 g/mol. The third-order valence-electron chi connectivity index (χ3n) is 2.81. The molecule has 0 spiro atoms. The molecule has 0 radical (unpaired) electrons. The topological polar surface area (TPSA) is 52.4 Å². The third kappa shape index (κ3) is 1.28. The Hall–Kier alpha value is -1.10. The van der Waals surface area contributed by atoms with Crippen molar-refractivity contribution in [1.82, 2.24) is 14.3 Å². The molecule has 2 aliphatic heterocycles.